The predicted molar refractivity (Wildman–Crippen MR) is 74.5 cm³/mol. The van der Waals surface area contributed by atoms with Gasteiger partial charge in [0.1, 0.15) is 11.5 Å². The summed E-state index contributed by atoms with van der Waals surface area (Å²) >= 11 is 0. The first-order valence-corrected chi connectivity index (χ1v) is 6.47. The first-order valence-electron chi connectivity index (χ1n) is 6.47. The summed E-state index contributed by atoms with van der Waals surface area (Å²) in [5.74, 6) is 2.41. The molecule has 1 atom stereocenters. The van der Waals surface area contributed by atoms with Gasteiger partial charge in [-0.1, -0.05) is 17.3 Å². The lowest BCUT2D eigenvalue weighted by atomic mass is 10.2. The third-order valence-corrected chi connectivity index (χ3v) is 3.25. The van der Waals surface area contributed by atoms with E-state index in [0.717, 1.165) is 28.2 Å². The molecule has 0 spiro atoms. The fourth-order valence-electron chi connectivity index (χ4n) is 2.12. The van der Waals surface area contributed by atoms with Gasteiger partial charge in [0.15, 0.2) is 11.3 Å². The van der Waals surface area contributed by atoms with Crippen LogP contribution in [-0.4, -0.2) is 12.3 Å². The average molecular weight is 272 g/mol. The molecule has 0 saturated heterocycles. The molecule has 5 heteroatoms. The molecule has 2 aromatic heterocycles. The monoisotopic (exact) mass is 272 g/mol. The van der Waals surface area contributed by atoms with Crippen molar-refractivity contribution in [3.8, 4) is 5.75 Å². The van der Waals surface area contributed by atoms with Crippen molar-refractivity contribution >= 4 is 11.0 Å². The lowest BCUT2D eigenvalue weighted by Crippen LogP contribution is -2.17. The zero-order chi connectivity index (χ0) is 13.9. The minimum Gasteiger partial charge on any atom is -0.493 e. The third-order valence-electron chi connectivity index (χ3n) is 3.25. The quantitative estimate of drug-likeness (QED) is 0.772. The lowest BCUT2D eigenvalue weighted by molar-refractivity contribution is 0.356. The maximum Gasteiger partial charge on any atom is 0.176 e. The second kappa shape index (κ2) is 5.38. The highest BCUT2D eigenvalue weighted by molar-refractivity contribution is 5.83. The van der Waals surface area contributed by atoms with E-state index in [1.54, 1.807) is 13.3 Å². The summed E-state index contributed by atoms with van der Waals surface area (Å²) in [6, 6.07) is 9.78. The number of benzene rings is 1. The van der Waals surface area contributed by atoms with Crippen molar-refractivity contribution in [2.75, 3.05) is 7.11 Å². The maximum atomic E-state index is 5.89. The number of furan rings is 1. The first-order chi connectivity index (χ1) is 9.78. The Labute approximate surface area is 116 Å². The molecule has 0 radical (unpaired) electrons. The SMILES string of the molecule is COc1cccc2cc(C(C)NCc3ccno3)oc12. The van der Waals surface area contributed by atoms with E-state index in [0.29, 0.717) is 6.54 Å². The van der Waals surface area contributed by atoms with Crippen molar-refractivity contribution < 1.29 is 13.7 Å². The second-order valence-electron chi connectivity index (χ2n) is 4.61. The van der Waals surface area contributed by atoms with Gasteiger partial charge in [-0.15, -0.1) is 0 Å². The molecule has 20 heavy (non-hydrogen) atoms. The predicted octanol–water partition coefficient (Wildman–Crippen LogP) is 3.28. The van der Waals surface area contributed by atoms with E-state index in [9.17, 15) is 0 Å². The van der Waals surface area contributed by atoms with Gasteiger partial charge < -0.3 is 19.0 Å². The lowest BCUT2D eigenvalue weighted by Gasteiger charge is -2.09. The molecule has 0 amide bonds. The summed E-state index contributed by atoms with van der Waals surface area (Å²) in [7, 11) is 1.64. The summed E-state index contributed by atoms with van der Waals surface area (Å²) < 4.78 is 16.2. The van der Waals surface area contributed by atoms with Gasteiger partial charge in [0.25, 0.3) is 0 Å². The molecule has 0 aliphatic rings. The second-order valence-corrected chi connectivity index (χ2v) is 4.61. The molecule has 0 aliphatic carbocycles. The molecule has 1 N–H and O–H groups in total. The zero-order valence-electron chi connectivity index (χ0n) is 11.4. The topological polar surface area (TPSA) is 60.4 Å². The van der Waals surface area contributed by atoms with Gasteiger partial charge in [0, 0.05) is 11.5 Å². The maximum absolute atomic E-state index is 5.89. The molecule has 2 heterocycles. The highest BCUT2D eigenvalue weighted by Gasteiger charge is 2.14. The number of para-hydroxylation sites is 1. The van der Waals surface area contributed by atoms with Crippen LogP contribution in [0.15, 0.2) is 45.5 Å². The van der Waals surface area contributed by atoms with Crippen molar-refractivity contribution in [1.29, 1.82) is 0 Å². The Kier molecular flexibility index (Phi) is 3.43. The van der Waals surface area contributed by atoms with Crippen molar-refractivity contribution in [3.63, 3.8) is 0 Å². The molecule has 5 nitrogen and oxygen atoms in total. The number of fused-ring (bicyclic) bond motifs is 1. The normalized spacial score (nSPS) is 12.7. The summed E-state index contributed by atoms with van der Waals surface area (Å²) in [6.07, 6.45) is 1.63. The highest BCUT2D eigenvalue weighted by atomic mass is 16.5. The van der Waals surface area contributed by atoms with Crippen LogP contribution in [0.2, 0.25) is 0 Å². The van der Waals surface area contributed by atoms with Gasteiger partial charge in [-0.3, -0.25) is 0 Å². The van der Waals surface area contributed by atoms with Gasteiger partial charge in [-0.05, 0) is 19.1 Å². The number of hydrogen-bond donors (Lipinski definition) is 1. The largest absolute Gasteiger partial charge is 0.493 e. The molecular weight excluding hydrogens is 256 g/mol. The van der Waals surface area contributed by atoms with Crippen LogP contribution in [0.4, 0.5) is 0 Å². The summed E-state index contributed by atoms with van der Waals surface area (Å²) in [4.78, 5) is 0. The van der Waals surface area contributed by atoms with E-state index in [4.69, 9.17) is 13.7 Å². The van der Waals surface area contributed by atoms with Crippen LogP contribution in [0.1, 0.15) is 24.5 Å². The number of aromatic nitrogens is 1. The molecule has 0 saturated carbocycles. The molecular formula is C15H16N2O3. The molecule has 0 bridgehead atoms. The molecule has 3 rings (SSSR count). The summed E-state index contributed by atoms with van der Waals surface area (Å²) in [6.45, 7) is 2.65. The molecule has 3 aromatic rings. The molecule has 0 fully saturated rings. The van der Waals surface area contributed by atoms with E-state index >= 15 is 0 Å². The summed E-state index contributed by atoms with van der Waals surface area (Å²) in [5, 5.41) is 8.04. The molecule has 0 aliphatic heterocycles. The van der Waals surface area contributed by atoms with Crippen LogP contribution in [-0.2, 0) is 6.54 Å². The van der Waals surface area contributed by atoms with Crippen molar-refractivity contribution in [2.24, 2.45) is 0 Å². The Morgan fingerprint density at radius 2 is 2.25 bits per heavy atom. The number of rotatable bonds is 5. The molecule has 1 unspecified atom stereocenters. The van der Waals surface area contributed by atoms with Gasteiger partial charge in [-0.25, -0.2) is 0 Å². The van der Waals surface area contributed by atoms with Crippen molar-refractivity contribution in [1.82, 2.24) is 10.5 Å². The van der Waals surface area contributed by atoms with Gasteiger partial charge in [-0.2, -0.15) is 0 Å². The van der Waals surface area contributed by atoms with Crippen LogP contribution in [0.5, 0.6) is 5.75 Å². The summed E-state index contributed by atoms with van der Waals surface area (Å²) in [5.41, 5.74) is 0.776. The van der Waals surface area contributed by atoms with Gasteiger partial charge in [0.05, 0.1) is 25.9 Å². The number of methoxy groups -OCH3 is 1. The van der Waals surface area contributed by atoms with E-state index in [1.807, 2.05) is 37.3 Å². The Morgan fingerprint density at radius 1 is 1.35 bits per heavy atom. The molecule has 104 valence electrons. The van der Waals surface area contributed by atoms with Crippen molar-refractivity contribution in [3.05, 3.63) is 48.0 Å². The van der Waals surface area contributed by atoms with Gasteiger partial charge >= 0.3 is 0 Å². The highest BCUT2D eigenvalue weighted by Crippen LogP contribution is 2.30. The Morgan fingerprint density at radius 3 is 3.00 bits per heavy atom. The number of nitrogens with zero attached hydrogens (tertiary/aromatic N) is 1. The smallest absolute Gasteiger partial charge is 0.176 e. The van der Waals surface area contributed by atoms with E-state index < -0.39 is 0 Å². The first kappa shape index (κ1) is 12.7. The van der Waals surface area contributed by atoms with E-state index in [1.165, 1.54) is 0 Å². The van der Waals surface area contributed by atoms with Gasteiger partial charge in [0.2, 0.25) is 0 Å². The van der Waals surface area contributed by atoms with E-state index in [-0.39, 0.29) is 6.04 Å². The van der Waals surface area contributed by atoms with Crippen LogP contribution in [0.3, 0.4) is 0 Å². The van der Waals surface area contributed by atoms with Crippen LogP contribution >= 0.6 is 0 Å². The van der Waals surface area contributed by atoms with Crippen LogP contribution < -0.4 is 10.1 Å². The Bertz CT molecular complexity index is 688. The minimum absolute atomic E-state index is 0.0669. The van der Waals surface area contributed by atoms with E-state index in [2.05, 4.69) is 10.5 Å². The fraction of sp³-hybridized carbons (Fsp3) is 0.267. The number of hydrogen-bond acceptors (Lipinski definition) is 5. The number of ether oxygens (including phenoxy) is 1. The average Bonchev–Trinajstić information content (AvgIpc) is 3.12. The van der Waals surface area contributed by atoms with Crippen molar-refractivity contribution in [2.45, 2.75) is 19.5 Å². The Hall–Kier alpha value is -2.27. The van der Waals surface area contributed by atoms with Crippen LogP contribution in [0.25, 0.3) is 11.0 Å². The van der Waals surface area contributed by atoms with Crippen LogP contribution in [0, 0.1) is 0 Å². The minimum atomic E-state index is 0.0669. The number of nitrogens with one attached hydrogen (secondary N) is 1. The Balaban J connectivity index is 1.79. The standard InChI is InChI=1S/C15H16N2O3/c1-10(16-9-12-6-7-17-20-12)14-8-11-4-3-5-13(18-2)15(11)19-14/h3-8,10,16H,9H2,1-2H3. The third kappa shape index (κ3) is 2.40. The fourth-order valence-corrected chi connectivity index (χ4v) is 2.12. The zero-order valence-corrected chi connectivity index (χ0v) is 11.4. The molecule has 1 aromatic carbocycles.